The lowest BCUT2D eigenvalue weighted by Crippen LogP contribution is -1.95. The third-order valence-corrected chi connectivity index (χ3v) is 3.05. The van der Waals surface area contributed by atoms with E-state index < -0.39 is 0 Å². The number of ketones is 1. The molecule has 0 unspecified atom stereocenters. The molecule has 0 radical (unpaired) electrons. The van der Waals surface area contributed by atoms with E-state index in [0.717, 1.165) is 12.8 Å². The first-order valence-corrected chi connectivity index (χ1v) is 7.32. The summed E-state index contributed by atoms with van der Waals surface area (Å²) in [5.74, 6) is 0.400. The van der Waals surface area contributed by atoms with Crippen LogP contribution in [0.25, 0.3) is 0 Å². The van der Waals surface area contributed by atoms with Crippen molar-refractivity contribution in [1.82, 2.24) is 0 Å². The van der Waals surface area contributed by atoms with Crippen molar-refractivity contribution in [2.24, 2.45) is 0 Å². The van der Waals surface area contributed by atoms with Crippen LogP contribution in [0.15, 0.2) is 11.6 Å². The molecule has 0 N–H and O–H groups in total. The zero-order chi connectivity index (χ0) is 12.9. The monoisotopic (exact) mass is 238 g/mol. The SMILES string of the molecule is CCCCCCCCCCC(=O)CC=C(C)C. The van der Waals surface area contributed by atoms with Crippen LogP contribution in [0.3, 0.4) is 0 Å². The van der Waals surface area contributed by atoms with Crippen LogP contribution in [0, 0.1) is 0 Å². The normalized spacial score (nSPS) is 10.3. The Hall–Kier alpha value is -0.590. The lowest BCUT2D eigenvalue weighted by Gasteiger charge is -2.01. The van der Waals surface area contributed by atoms with Gasteiger partial charge in [-0.25, -0.2) is 0 Å². The Kier molecular flexibility index (Phi) is 11.5. The summed E-state index contributed by atoms with van der Waals surface area (Å²) in [7, 11) is 0. The first-order chi connectivity index (χ1) is 8.16. The number of unbranched alkanes of at least 4 members (excludes halogenated alkanes) is 7. The number of carbonyl (C=O) groups excluding carboxylic acids is 1. The van der Waals surface area contributed by atoms with E-state index in [9.17, 15) is 4.79 Å². The number of allylic oxidation sites excluding steroid dienone is 2. The van der Waals surface area contributed by atoms with Crippen LogP contribution in [0.5, 0.6) is 0 Å². The van der Waals surface area contributed by atoms with Crippen molar-refractivity contribution >= 4 is 5.78 Å². The molecule has 0 rings (SSSR count). The first-order valence-electron chi connectivity index (χ1n) is 7.32. The highest BCUT2D eigenvalue weighted by Crippen LogP contribution is 2.10. The summed E-state index contributed by atoms with van der Waals surface area (Å²) >= 11 is 0. The fraction of sp³-hybridized carbons (Fsp3) is 0.812. The largest absolute Gasteiger partial charge is 0.299 e. The number of carbonyl (C=O) groups is 1. The molecule has 0 atom stereocenters. The fourth-order valence-corrected chi connectivity index (χ4v) is 1.88. The van der Waals surface area contributed by atoms with E-state index in [1.807, 2.05) is 19.9 Å². The molecule has 0 aliphatic carbocycles. The predicted octanol–water partition coefficient (Wildman–Crippen LogP) is 5.44. The number of hydrogen-bond donors (Lipinski definition) is 0. The van der Waals surface area contributed by atoms with Crippen molar-refractivity contribution in [3.63, 3.8) is 0 Å². The maximum atomic E-state index is 11.5. The molecule has 100 valence electrons. The first kappa shape index (κ1) is 16.4. The Morgan fingerprint density at radius 3 is 1.94 bits per heavy atom. The second-order valence-electron chi connectivity index (χ2n) is 5.25. The Labute approximate surface area is 108 Å². The van der Waals surface area contributed by atoms with Gasteiger partial charge < -0.3 is 0 Å². The molecule has 0 aromatic carbocycles. The summed E-state index contributed by atoms with van der Waals surface area (Å²) < 4.78 is 0. The van der Waals surface area contributed by atoms with Crippen LogP contribution in [0.2, 0.25) is 0 Å². The predicted molar refractivity (Wildman–Crippen MR) is 76.3 cm³/mol. The van der Waals surface area contributed by atoms with Crippen LogP contribution < -0.4 is 0 Å². The lowest BCUT2D eigenvalue weighted by atomic mass is 10.0. The van der Waals surface area contributed by atoms with Crippen molar-refractivity contribution in [1.29, 1.82) is 0 Å². The minimum absolute atomic E-state index is 0.400. The van der Waals surface area contributed by atoms with Gasteiger partial charge in [0.15, 0.2) is 0 Å². The molecule has 1 nitrogen and oxygen atoms in total. The van der Waals surface area contributed by atoms with Gasteiger partial charge in [-0.3, -0.25) is 4.79 Å². The Morgan fingerprint density at radius 1 is 0.882 bits per heavy atom. The van der Waals surface area contributed by atoms with E-state index in [1.165, 1.54) is 50.5 Å². The molecule has 0 spiro atoms. The fourth-order valence-electron chi connectivity index (χ4n) is 1.88. The van der Waals surface area contributed by atoms with E-state index in [4.69, 9.17) is 0 Å². The highest BCUT2D eigenvalue weighted by atomic mass is 16.1. The summed E-state index contributed by atoms with van der Waals surface area (Å²) in [5, 5.41) is 0. The van der Waals surface area contributed by atoms with Crippen LogP contribution in [-0.4, -0.2) is 5.78 Å². The molecule has 0 aromatic rings. The number of Topliss-reactive ketones (excluding diaryl/α,β-unsaturated/α-hetero) is 1. The Bertz CT molecular complexity index is 212. The summed E-state index contributed by atoms with van der Waals surface area (Å²) in [5.41, 5.74) is 1.24. The lowest BCUT2D eigenvalue weighted by molar-refractivity contribution is -0.118. The van der Waals surface area contributed by atoms with Crippen molar-refractivity contribution < 1.29 is 4.79 Å². The number of rotatable bonds is 11. The van der Waals surface area contributed by atoms with Crippen molar-refractivity contribution in [2.75, 3.05) is 0 Å². The molecular weight excluding hydrogens is 208 g/mol. The average Bonchev–Trinajstić information content (AvgIpc) is 2.30. The van der Waals surface area contributed by atoms with Crippen LogP contribution in [0.4, 0.5) is 0 Å². The van der Waals surface area contributed by atoms with E-state index in [2.05, 4.69) is 6.92 Å². The minimum atomic E-state index is 0.400. The Morgan fingerprint density at radius 2 is 1.41 bits per heavy atom. The van der Waals surface area contributed by atoms with Gasteiger partial charge in [0.05, 0.1) is 0 Å². The zero-order valence-corrected chi connectivity index (χ0v) is 12.1. The summed E-state index contributed by atoms with van der Waals surface area (Å²) in [6.07, 6.45) is 13.9. The molecule has 0 saturated carbocycles. The molecule has 0 bridgehead atoms. The standard InChI is InChI=1S/C16H30O/c1-4-5-6-7-8-9-10-11-12-16(17)14-13-15(2)3/h13H,4-12,14H2,1-3H3. The van der Waals surface area contributed by atoms with Crippen molar-refractivity contribution in [2.45, 2.75) is 85.0 Å². The Balaban J connectivity index is 3.22. The van der Waals surface area contributed by atoms with E-state index in [-0.39, 0.29) is 0 Å². The maximum Gasteiger partial charge on any atom is 0.136 e. The molecule has 1 heteroatoms. The summed E-state index contributed by atoms with van der Waals surface area (Å²) in [6.45, 7) is 6.34. The van der Waals surface area contributed by atoms with Gasteiger partial charge >= 0.3 is 0 Å². The van der Waals surface area contributed by atoms with Gasteiger partial charge in [0.1, 0.15) is 5.78 Å². The third-order valence-electron chi connectivity index (χ3n) is 3.05. The van der Waals surface area contributed by atoms with Crippen molar-refractivity contribution in [3.05, 3.63) is 11.6 Å². The molecule has 0 amide bonds. The third kappa shape index (κ3) is 13.3. The van der Waals surface area contributed by atoms with Crippen LogP contribution in [-0.2, 0) is 4.79 Å². The highest BCUT2D eigenvalue weighted by Gasteiger charge is 1.99. The second kappa shape index (κ2) is 11.9. The molecule has 0 saturated heterocycles. The van der Waals surface area contributed by atoms with Gasteiger partial charge in [-0.15, -0.1) is 0 Å². The molecule has 0 aromatic heterocycles. The average molecular weight is 238 g/mol. The van der Waals surface area contributed by atoms with Gasteiger partial charge in [0, 0.05) is 12.8 Å². The second-order valence-corrected chi connectivity index (χ2v) is 5.25. The van der Waals surface area contributed by atoms with Crippen molar-refractivity contribution in [3.8, 4) is 0 Å². The van der Waals surface area contributed by atoms with E-state index in [0.29, 0.717) is 12.2 Å². The van der Waals surface area contributed by atoms with Gasteiger partial charge in [0.25, 0.3) is 0 Å². The van der Waals surface area contributed by atoms with Gasteiger partial charge in [-0.2, -0.15) is 0 Å². The topological polar surface area (TPSA) is 17.1 Å². The molecule has 0 aliphatic rings. The zero-order valence-electron chi connectivity index (χ0n) is 12.1. The highest BCUT2D eigenvalue weighted by molar-refractivity contribution is 5.79. The molecule has 0 fully saturated rings. The molecule has 0 aliphatic heterocycles. The summed E-state index contributed by atoms with van der Waals surface area (Å²) in [6, 6.07) is 0. The van der Waals surface area contributed by atoms with E-state index >= 15 is 0 Å². The van der Waals surface area contributed by atoms with E-state index in [1.54, 1.807) is 0 Å². The van der Waals surface area contributed by atoms with Gasteiger partial charge in [-0.1, -0.05) is 63.5 Å². The van der Waals surface area contributed by atoms with Gasteiger partial charge in [-0.05, 0) is 20.3 Å². The van der Waals surface area contributed by atoms with Gasteiger partial charge in [0.2, 0.25) is 0 Å². The van der Waals surface area contributed by atoms with Crippen LogP contribution in [0.1, 0.15) is 85.0 Å². The van der Waals surface area contributed by atoms with Crippen LogP contribution >= 0.6 is 0 Å². The quantitative estimate of drug-likeness (QED) is 0.346. The number of hydrogen-bond acceptors (Lipinski definition) is 1. The summed E-state index contributed by atoms with van der Waals surface area (Å²) in [4.78, 5) is 11.5. The smallest absolute Gasteiger partial charge is 0.136 e. The maximum absolute atomic E-state index is 11.5. The molecule has 0 heterocycles. The molecular formula is C16H30O. The molecule has 17 heavy (non-hydrogen) atoms. The minimum Gasteiger partial charge on any atom is -0.299 e.